The third-order valence-electron chi connectivity index (χ3n) is 2.77. The Morgan fingerprint density at radius 1 is 1.50 bits per heavy atom. The number of nitrogens with one attached hydrogen (secondary N) is 1. The lowest BCUT2D eigenvalue weighted by molar-refractivity contribution is 0.321. The molecule has 94 valence electrons. The SMILES string of the molecule is CCc1cc(-c2ccc(C=NO)o2)c(C)[nH]c1=O. The van der Waals surface area contributed by atoms with Gasteiger partial charge >= 0.3 is 0 Å². The van der Waals surface area contributed by atoms with Crippen LogP contribution in [0.25, 0.3) is 11.3 Å². The minimum atomic E-state index is -0.0672. The van der Waals surface area contributed by atoms with E-state index in [0.717, 1.165) is 11.3 Å². The van der Waals surface area contributed by atoms with Crippen molar-refractivity contribution in [3.05, 3.63) is 45.6 Å². The molecule has 5 heteroatoms. The van der Waals surface area contributed by atoms with Gasteiger partial charge in [0.05, 0.1) is 0 Å². The highest BCUT2D eigenvalue weighted by molar-refractivity contribution is 5.77. The lowest BCUT2D eigenvalue weighted by Gasteiger charge is -2.04. The third-order valence-corrected chi connectivity index (χ3v) is 2.77. The molecule has 0 unspecified atom stereocenters. The van der Waals surface area contributed by atoms with E-state index in [1.807, 2.05) is 19.9 Å². The Balaban J connectivity index is 2.52. The van der Waals surface area contributed by atoms with E-state index in [4.69, 9.17) is 9.62 Å². The minimum absolute atomic E-state index is 0.0672. The smallest absolute Gasteiger partial charge is 0.251 e. The maximum Gasteiger partial charge on any atom is 0.251 e. The van der Waals surface area contributed by atoms with Gasteiger partial charge in [-0.05, 0) is 31.5 Å². The van der Waals surface area contributed by atoms with Crippen LogP contribution >= 0.6 is 0 Å². The van der Waals surface area contributed by atoms with Crippen LogP contribution in [0.15, 0.2) is 32.6 Å². The van der Waals surface area contributed by atoms with Crippen molar-refractivity contribution >= 4 is 6.21 Å². The number of oxime groups is 1. The molecule has 18 heavy (non-hydrogen) atoms. The van der Waals surface area contributed by atoms with Gasteiger partial charge in [0.25, 0.3) is 5.56 Å². The number of aromatic nitrogens is 1. The molecule has 0 aromatic carbocycles. The summed E-state index contributed by atoms with van der Waals surface area (Å²) in [5, 5.41) is 11.3. The first-order valence-electron chi connectivity index (χ1n) is 5.66. The van der Waals surface area contributed by atoms with Crippen molar-refractivity contribution in [2.45, 2.75) is 20.3 Å². The number of hydrogen-bond donors (Lipinski definition) is 2. The molecule has 0 amide bonds. The Bertz CT molecular complexity index is 638. The normalized spacial score (nSPS) is 11.2. The predicted molar refractivity (Wildman–Crippen MR) is 68.3 cm³/mol. The average Bonchev–Trinajstić information content (AvgIpc) is 2.78. The highest BCUT2D eigenvalue weighted by atomic mass is 16.4. The molecule has 0 spiro atoms. The molecule has 5 nitrogen and oxygen atoms in total. The van der Waals surface area contributed by atoms with E-state index in [-0.39, 0.29) is 5.56 Å². The number of furan rings is 1. The van der Waals surface area contributed by atoms with E-state index >= 15 is 0 Å². The number of nitrogens with zero attached hydrogens (tertiary/aromatic N) is 1. The summed E-state index contributed by atoms with van der Waals surface area (Å²) in [5.41, 5.74) is 2.23. The molecule has 0 saturated carbocycles. The van der Waals surface area contributed by atoms with E-state index < -0.39 is 0 Å². The van der Waals surface area contributed by atoms with Gasteiger partial charge in [0.1, 0.15) is 17.7 Å². The maximum atomic E-state index is 11.6. The number of aryl methyl sites for hydroxylation is 2. The molecule has 0 aliphatic carbocycles. The van der Waals surface area contributed by atoms with Crippen LogP contribution in [0, 0.1) is 6.92 Å². The summed E-state index contributed by atoms with van der Waals surface area (Å²) in [5.74, 6) is 1.09. The number of pyridine rings is 1. The topological polar surface area (TPSA) is 78.6 Å². The molecular formula is C13H14N2O3. The van der Waals surface area contributed by atoms with Crippen molar-refractivity contribution in [1.82, 2.24) is 4.98 Å². The molecule has 0 saturated heterocycles. The van der Waals surface area contributed by atoms with E-state index in [1.54, 1.807) is 12.1 Å². The van der Waals surface area contributed by atoms with Crippen molar-refractivity contribution in [3.8, 4) is 11.3 Å². The van der Waals surface area contributed by atoms with E-state index in [2.05, 4.69) is 10.1 Å². The van der Waals surface area contributed by atoms with Crippen molar-refractivity contribution in [2.75, 3.05) is 0 Å². The minimum Gasteiger partial charge on any atom is -0.455 e. The summed E-state index contributed by atoms with van der Waals surface area (Å²) in [6.45, 7) is 3.74. The van der Waals surface area contributed by atoms with Crippen LogP contribution in [-0.2, 0) is 6.42 Å². The van der Waals surface area contributed by atoms with Crippen LogP contribution in [0.2, 0.25) is 0 Å². The predicted octanol–water partition coefficient (Wildman–Crippen LogP) is 2.31. The van der Waals surface area contributed by atoms with Crippen LogP contribution in [0.3, 0.4) is 0 Å². The van der Waals surface area contributed by atoms with Gasteiger partial charge in [-0.2, -0.15) is 0 Å². The van der Waals surface area contributed by atoms with Crippen LogP contribution in [0.4, 0.5) is 0 Å². The molecule has 0 radical (unpaired) electrons. The number of H-pyrrole nitrogens is 1. The fourth-order valence-corrected chi connectivity index (χ4v) is 1.81. The quantitative estimate of drug-likeness (QED) is 0.495. The highest BCUT2D eigenvalue weighted by Crippen LogP contribution is 2.24. The summed E-state index contributed by atoms with van der Waals surface area (Å²) in [6.07, 6.45) is 1.87. The maximum absolute atomic E-state index is 11.6. The van der Waals surface area contributed by atoms with Gasteiger partial charge in [-0.3, -0.25) is 4.79 Å². The van der Waals surface area contributed by atoms with Crippen molar-refractivity contribution in [1.29, 1.82) is 0 Å². The van der Waals surface area contributed by atoms with Crippen molar-refractivity contribution in [2.24, 2.45) is 5.16 Å². The summed E-state index contributed by atoms with van der Waals surface area (Å²) in [4.78, 5) is 14.4. The fourth-order valence-electron chi connectivity index (χ4n) is 1.81. The number of aromatic amines is 1. The summed E-state index contributed by atoms with van der Waals surface area (Å²) >= 11 is 0. The largest absolute Gasteiger partial charge is 0.455 e. The Hall–Kier alpha value is -2.30. The second-order valence-electron chi connectivity index (χ2n) is 3.96. The van der Waals surface area contributed by atoms with Gasteiger partial charge in [0.15, 0.2) is 0 Å². The standard InChI is InChI=1S/C13H14N2O3/c1-3-9-6-11(8(2)15-13(9)16)12-5-4-10(18-12)7-14-17/h4-7,17H,3H2,1-2H3,(H,15,16). The third kappa shape index (κ3) is 2.20. The second-order valence-corrected chi connectivity index (χ2v) is 3.96. The van der Waals surface area contributed by atoms with E-state index in [0.29, 0.717) is 23.5 Å². The Morgan fingerprint density at radius 3 is 2.94 bits per heavy atom. The Labute approximate surface area is 104 Å². The first kappa shape index (κ1) is 12.2. The van der Waals surface area contributed by atoms with Crippen LogP contribution in [-0.4, -0.2) is 16.4 Å². The zero-order valence-corrected chi connectivity index (χ0v) is 10.2. The van der Waals surface area contributed by atoms with Crippen molar-refractivity contribution < 1.29 is 9.62 Å². The highest BCUT2D eigenvalue weighted by Gasteiger charge is 2.10. The molecule has 0 fully saturated rings. The molecule has 2 aromatic rings. The number of hydrogen-bond acceptors (Lipinski definition) is 4. The van der Waals surface area contributed by atoms with Crippen LogP contribution in [0.5, 0.6) is 0 Å². The van der Waals surface area contributed by atoms with Gasteiger partial charge < -0.3 is 14.6 Å². The fraction of sp³-hybridized carbons (Fsp3) is 0.231. The molecule has 2 aromatic heterocycles. The average molecular weight is 246 g/mol. The Morgan fingerprint density at radius 2 is 2.28 bits per heavy atom. The Kier molecular flexibility index (Phi) is 3.32. The molecule has 2 heterocycles. The van der Waals surface area contributed by atoms with E-state index in [1.165, 1.54) is 6.21 Å². The van der Waals surface area contributed by atoms with E-state index in [9.17, 15) is 4.79 Å². The van der Waals surface area contributed by atoms with Crippen LogP contribution in [0.1, 0.15) is 23.9 Å². The zero-order chi connectivity index (χ0) is 13.1. The van der Waals surface area contributed by atoms with Gasteiger partial charge in [0.2, 0.25) is 0 Å². The molecule has 2 N–H and O–H groups in total. The summed E-state index contributed by atoms with van der Waals surface area (Å²) < 4.78 is 5.50. The lowest BCUT2D eigenvalue weighted by Crippen LogP contribution is -2.13. The number of rotatable bonds is 3. The van der Waals surface area contributed by atoms with Gasteiger partial charge in [-0.15, -0.1) is 0 Å². The zero-order valence-electron chi connectivity index (χ0n) is 10.2. The molecule has 0 bridgehead atoms. The van der Waals surface area contributed by atoms with Crippen LogP contribution < -0.4 is 5.56 Å². The second kappa shape index (κ2) is 4.91. The van der Waals surface area contributed by atoms with Crippen molar-refractivity contribution in [3.63, 3.8) is 0 Å². The lowest BCUT2D eigenvalue weighted by atomic mass is 10.1. The molecule has 0 aliphatic rings. The first-order chi connectivity index (χ1) is 8.65. The molecule has 0 aliphatic heterocycles. The first-order valence-corrected chi connectivity index (χ1v) is 5.66. The van der Waals surface area contributed by atoms with Gasteiger partial charge in [-0.1, -0.05) is 12.1 Å². The summed E-state index contributed by atoms with van der Waals surface area (Å²) in [7, 11) is 0. The molecule has 0 atom stereocenters. The van der Waals surface area contributed by atoms with Gasteiger partial charge in [0, 0.05) is 16.8 Å². The monoisotopic (exact) mass is 246 g/mol. The summed E-state index contributed by atoms with van der Waals surface area (Å²) in [6, 6.07) is 5.30. The molecule has 2 rings (SSSR count). The van der Waals surface area contributed by atoms with Gasteiger partial charge in [-0.25, -0.2) is 0 Å². The molecular weight excluding hydrogens is 232 g/mol.